The molecule has 23 heavy (non-hydrogen) atoms. The van der Waals surface area contributed by atoms with Crippen molar-refractivity contribution in [3.8, 4) is 5.75 Å². The Labute approximate surface area is 148 Å². The van der Waals surface area contributed by atoms with E-state index < -0.39 is 12.6 Å². The maximum atomic E-state index is 12.7. The maximum Gasteiger partial charge on any atom is 0.341 e. The molecule has 0 heterocycles. The molecule has 1 atom stereocenters. The minimum Gasteiger partial charge on any atom is -0.482 e. The highest BCUT2D eigenvalue weighted by atomic mass is 35.5. The van der Waals surface area contributed by atoms with Crippen LogP contribution in [0.1, 0.15) is 24.2 Å². The Hall–Kier alpha value is -1.30. The number of carbonyl (C=O) groups is 2. The number of aliphatic carboxylic acids is 1. The van der Waals surface area contributed by atoms with E-state index in [2.05, 4.69) is 0 Å². The summed E-state index contributed by atoms with van der Waals surface area (Å²) in [5.74, 6) is -0.717. The third kappa shape index (κ3) is 6.77. The van der Waals surface area contributed by atoms with Gasteiger partial charge in [0.1, 0.15) is 5.75 Å². The number of hydrogen-bond acceptors (Lipinski definition) is 4. The molecule has 1 aromatic carbocycles. The molecule has 0 bridgehead atoms. The van der Waals surface area contributed by atoms with E-state index >= 15 is 0 Å². The van der Waals surface area contributed by atoms with Crippen LogP contribution in [0.15, 0.2) is 18.2 Å². The van der Waals surface area contributed by atoms with Gasteiger partial charge in [-0.3, -0.25) is 4.79 Å². The van der Waals surface area contributed by atoms with Gasteiger partial charge in [-0.2, -0.15) is 0 Å². The smallest absolute Gasteiger partial charge is 0.341 e. The quantitative estimate of drug-likeness (QED) is 0.718. The molecule has 0 aliphatic heterocycles. The number of benzene rings is 1. The van der Waals surface area contributed by atoms with Crippen LogP contribution in [-0.2, 0) is 4.79 Å². The minimum absolute atomic E-state index is 0. The predicted octanol–water partition coefficient (Wildman–Crippen LogP) is 3.24. The summed E-state index contributed by atoms with van der Waals surface area (Å²) in [7, 11) is 3.85. The molecule has 0 aliphatic rings. The largest absolute Gasteiger partial charge is 0.482 e. The molecular weight excluding hydrogens is 341 g/mol. The summed E-state index contributed by atoms with van der Waals surface area (Å²) in [4.78, 5) is 25.1. The number of carbonyl (C=O) groups excluding carboxylic acids is 1. The van der Waals surface area contributed by atoms with E-state index in [-0.39, 0.29) is 35.0 Å². The van der Waals surface area contributed by atoms with Crippen molar-refractivity contribution in [1.82, 2.24) is 4.90 Å². The number of carboxylic acid groups (broad SMARTS) is 1. The monoisotopic (exact) mass is 363 g/mol. The van der Waals surface area contributed by atoms with Gasteiger partial charge in [0, 0.05) is 18.0 Å². The molecule has 0 aromatic heterocycles. The fourth-order valence-electron chi connectivity index (χ4n) is 2.12. The first kappa shape index (κ1) is 21.7. The van der Waals surface area contributed by atoms with Crippen LogP contribution in [0.4, 0.5) is 0 Å². The Kier molecular flexibility index (Phi) is 9.20. The summed E-state index contributed by atoms with van der Waals surface area (Å²) in [6.07, 6.45) is 0. The van der Waals surface area contributed by atoms with Gasteiger partial charge in [0.25, 0.3) is 0 Å². The molecule has 0 amide bonds. The van der Waals surface area contributed by atoms with Crippen molar-refractivity contribution in [2.75, 3.05) is 27.2 Å². The lowest BCUT2D eigenvalue weighted by Crippen LogP contribution is -2.31. The van der Waals surface area contributed by atoms with Crippen LogP contribution < -0.4 is 4.74 Å². The van der Waals surface area contributed by atoms with Crippen molar-refractivity contribution in [3.05, 3.63) is 28.8 Å². The topological polar surface area (TPSA) is 66.8 Å². The van der Waals surface area contributed by atoms with Gasteiger partial charge >= 0.3 is 5.97 Å². The van der Waals surface area contributed by atoms with Gasteiger partial charge in [-0.25, -0.2) is 4.79 Å². The van der Waals surface area contributed by atoms with Gasteiger partial charge in [0.2, 0.25) is 0 Å². The van der Waals surface area contributed by atoms with Crippen LogP contribution in [-0.4, -0.2) is 49.0 Å². The van der Waals surface area contributed by atoms with Crippen LogP contribution in [0.25, 0.3) is 0 Å². The molecule has 1 N–H and O–H groups in total. The summed E-state index contributed by atoms with van der Waals surface area (Å²) < 4.78 is 5.05. The summed E-state index contributed by atoms with van der Waals surface area (Å²) in [6.45, 7) is 4.21. The average Bonchev–Trinajstić information content (AvgIpc) is 2.41. The number of halogens is 2. The second-order valence-corrected chi connectivity index (χ2v) is 6.21. The number of ether oxygens (including phenoxy) is 1. The summed E-state index contributed by atoms with van der Waals surface area (Å²) in [6, 6.07) is 4.63. The molecule has 0 aliphatic carbocycles. The molecule has 0 spiro atoms. The maximum absolute atomic E-state index is 12.7. The van der Waals surface area contributed by atoms with E-state index in [0.717, 1.165) is 0 Å². The third-order valence-electron chi connectivity index (χ3n) is 3.27. The molecule has 7 heteroatoms. The van der Waals surface area contributed by atoms with Crippen LogP contribution in [0, 0.1) is 11.8 Å². The van der Waals surface area contributed by atoms with Crippen molar-refractivity contribution in [2.45, 2.75) is 13.8 Å². The van der Waals surface area contributed by atoms with E-state index in [4.69, 9.17) is 21.4 Å². The highest BCUT2D eigenvalue weighted by Gasteiger charge is 2.25. The molecule has 5 nitrogen and oxygen atoms in total. The number of ketones is 1. The van der Waals surface area contributed by atoms with Gasteiger partial charge in [-0.1, -0.05) is 25.4 Å². The number of rotatable bonds is 8. The first-order chi connectivity index (χ1) is 10.2. The lowest BCUT2D eigenvalue weighted by molar-refractivity contribution is -0.139. The van der Waals surface area contributed by atoms with Gasteiger partial charge in [-0.05, 0) is 38.2 Å². The van der Waals surface area contributed by atoms with Crippen molar-refractivity contribution < 1.29 is 19.4 Å². The molecule has 130 valence electrons. The Morgan fingerprint density at radius 1 is 1.30 bits per heavy atom. The van der Waals surface area contributed by atoms with Gasteiger partial charge in [0.15, 0.2) is 12.4 Å². The van der Waals surface area contributed by atoms with E-state index in [9.17, 15) is 9.59 Å². The highest BCUT2D eigenvalue weighted by molar-refractivity contribution is 6.34. The standard InChI is InChI=1S/C16H22ClNO4.ClH/c1-10(2)13(8-18(3)4)16(21)12-6-5-11(7-14(12)17)22-9-15(19)20;/h5-7,10,13H,8-9H2,1-4H3,(H,19,20);1H. The zero-order valence-corrected chi connectivity index (χ0v) is 15.3. The average molecular weight is 364 g/mol. The molecule has 0 saturated carbocycles. The molecule has 0 saturated heterocycles. The van der Waals surface area contributed by atoms with E-state index in [1.54, 1.807) is 12.1 Å². The van der Waals surface area contributed by atoms with E-state index in [1.807, 2.05) is 32.8 Å². The number of Topliss-reactive ketones (excluding diaryl/α,β-unsaturated/α-hetero) is 1. The van der Waals surface area contributed by atoms with Gasteiger partial charge in [0.05, 0.1) is 5.02 Å². The van der Waals surface area contributed by atoms with Crippen molar-refractivity contribution >= 4 is 35.8 Å². The van der Waals surface area contributed by atoms with E-state index in [1.165, 1.54) is 6.07 Å². The Morgan fingerprint density at radius 2 is 1.91 bits per heavy atom. The Balaban J connectivity index is 0.00000484. The number of hydrogen-bond donors (Lipinski definition) is 1. The fourth-order valence-corrected chi connectivity index (χ4v) is 2.38. The van der Waals surface area contributed by atoms with Crippen LogP contribution in [0.2, 0.25) is 5.02 Å². The molecule has 1 rings (SSSR count). The Morgan fingerprint density at radius 3 is 2.35 bits per heavy atom. The van der Waals surface area contributed by atoms with Crippen LogP contribution in [0.5, 0.6) is 5.75 Å². The molecule has 1 unspecified atom stereocenters. The summed E-state index contributed by atoms with van der Waals surface area (Å²) in [5.41, 5.74) is 0.435. The Bertz CT molecular complexity index is 547. The van der Waals surface area contributed by atoms with Gasteiger partial charge in [-0.15, -0.1) is 12.4 Å². The van der Waals surface area contributed by atoms with Crippen molar-refractivity contribution in [1.29, 1.82) is 0 Å². The normalized spacial score (nSPS) is 12.0. The molecule has 1 aromatic rings. The second-order valence-electron chi connectivity index (χ2n) is 5.80. The first-order valence-corrected chi connectivity index (χ1v) is 7.43. The van der Waals surface area contributed by atoms with Crippen LogP contribution >= 0.6 is 24.0 Å². The fraction of sp³-hybridized carbons (Fsp3) is 0.500. The predicted molar refractivity (Wildman–Crippen MR) is 93.0 cm³/mol. The molecule has 0 fully saturated rings. The summed E-state index contributed by atoms with van der Waals surface area (Å²) in [5, 5.41) is 8.86. The van der Waals surface area contributed by atoms with Crippen molar-refractivity contribution in [2.24, 2.45) is 11.8 Å². The first-order valence-electron chi connectivity index (χ1n) is 7.05. The summed E-state index contributed by atoms with van der Waals surface area (Å²) >= 11 is 6.16. The third-order valence-corrected chi connectivity index (χ3v) is 3.58. The number of nitrogens with zero attached hydrogens (tertiary/aromatic N) is 1. The second kappa shape index (κ2) is 9.75. The lowest BCUT2D eigenvalue weighted by Gasteiger charge is -2.23. The van der Waals surface area contributed by atoms with Crippen molar-refractivity contribution in [3.63, 3.8) is 0 Å². The number of carboxylic acids is 1. The van der Waals surface area contributed by atoms with E-state index in [0.29, 0.717) is 17.9 Å². The zero-order chi connectivity index (χ0) is 16.9. The highest BCUT2D eigenvalue weighted by Crippen LogP contribution is 2.27. The SMILES string of the molecule is CC(C)C(CN(C)C)C(=O)c1ccc(OCC(=O)O)cc1Cl.Cl. The lowest BCUT2D eigenvalue weighted by atomic mass is 9.87. The zero-order valence-electron chi connectivity index (χ0n) is 13.7. The minimum atomic E-state index is -1.07. The molecule has 0 radical (unpaired) electrons. The van der Waals surface area contributed by atoms with Crippen LogP contribution in [0.3, 0.4) is 0 Å². The van der Waals surface area contributed by atoms with Gasteiger partial charge < -0.3 is 14.7 Å². The molecular formula is C16H23Cl2NO4.